The molecule has 25 heavy (non-hydrogen) atoms. The second kappa shape index (κ2) is 6.47. The van der Waals surface area contributed by atoms with Crippen LogP contribution in [0.15, 0.2) is 48.7 Å². The lowest BCUT2D eigenvalue weighted by molar-refractivity contribution is 0.191. The Morgan fingerprint density at radius 3 is 2.92 bits per heavy atom. The molecule has 0 saturated heterocycles. The average Bonchev–Trinajstić information content (AvgIpc) is 2.65. The summed E-state index contributed by atoms with van der Waals surface area (Å²) in [5.41, 5.74) is 3.68. The molecule has 2 aromatic heterocycles. The Morgan fingerprint density at radius 1 is 1.24 bits per heavy atom. The highest BCUT2D eigenvalue weighted by molar-refractivity contribution is 5.77. The molecule has 1 aliphatic heterocycles. The predicted molar refractivity (Wildman–Crippen MR) is 92.3 cm³/mol. The highest BCUT2D eigenvalue weighted by atomic mass is 19.1. The van der Waals surface area contributed by atoms with E-state index >= 15 is 0 Å². The van der Waals surface area contributed by atoms with Crippen LogP contribution in [0.3, 0.4) is 0 Å². The van der Waals surface area contributed by atoms with Crippen molar-refractivity contribution in [1.29, 1.82) is 0 Å². The molecular weight excluding hydrogens is 319 g/mol. The Hall–Kier alpha value is -3.02. The standard InChI is InChI=1S/C19H17FN4O/c20-16-5-3-13(4-6-16)11-22-19(25)24-9-7-17-15(12-24)10-14-2-1-8-21-18(14)23-17/h1-6,8,10H,7,9,11-12H2,(H,22,25). The summed E-state index contributed by atoms with van der Waals surface area (Å²) < 4.78 is 12.9. The molecule has 0 radical (unpaired) electrons. The predicted octanol–water partition coefficient (Wildman–Crippen LogP) is 3.04. The van der Waals surface area contributed by atoms with Gasteiger partial charge in [0.2, 0.25) is 0 Å². The second-order valence-electron chi connectivity index (χ2n) is 6.10. The number of hydrogen-bond acceptors (Lipinski definition) is 3. The Labute approximate surface area is 144 Å². The molecule has 0 bridgehead atoms. The smallest absolute Gasteiger partial charge is 0.317 e. The van der Waals surface area contributed by atoms with Gasteiger partial charge in [-0.15, -0.1) is 0 Å². The van der Waals surface area contributed by atoms with Crippen molar-refractivity contribution in [1.82, 2.24) is 20.2 Å². The number of pyridine rings is 2. The first-order valence-electron chi connectivity index (χ1n) is 8.20. The zero-order chi connectivity index (χ0) is 17.2. The highest BCUT2D eigenvalue weighted by Gasteiger charge is 2.22. The molecule has 2 amide bonds. The number of urea groups is 1. The monoisotopic (exact) mass is 336 g/mol. The van der Waals surface area contributed by atoms with E-state index in [1.165, 1.54) is 12.1 Å². The van der Waals surface area contributed by atoms with E-state index in [4.69, 9.17) is 0 Å². The van der Waals surface area contributed by atoms with Gasteiger partial charge in [0.25, 0.3) is 0 Å². The van der Waals surface area contributed by atoms with Crippen LogP contribution in [0, 0.1) is 5.82 Å². The molecule has 6 heteroatoms. The fourth-order valence-electron chi connectivity index (χ4n) is 3.03. The number of halogens is 1. The summed E-state index contributed by atoms with van der Waals surface area (Å²) in [5, 5.41) is 3.87. The van der Waals surface area contributed by atoms with Crippen molar-refractivity contribution >= 4 is 17.1 Å². The molecule has 0 fully saturated rings. The molecular formula is C19H17FN4O. The molecule has 5 nitrogen and oxygen atoms in total. The molecule has 1 aromatic carbocycles. The van der Waals surface area contributed by atoms with E-state index in [1.54, 1.807) is 23.2 Å². The third kappa shape index (κ3) is 3.28. The van der Waals surface area contributed by atoms with Gasteiger partial charge in [-0.25, -0.2) is 19.2 Å². The second-order valence-corrected chi connectivity index (χ2v) is 6.10. The average molecular weight is 336 g/mol. The summed E-state index contributed by atoms with van der Waals surface area (Å²) in [7, 11) is 0. The molecule has 3 aromatic rings. The first kappa shape index (κ1) is 15.5. The lowest BCUT2D eigenvalue weighted by Crippen LogP contribution is -2.42. The number of hydrogen-bond donors (Lipinski definition) is 1. The van der Waals surface area contributed by atoms with Crippen molar-refractivity contribution in [2.45, 2.75) is 19.5 Å². The zero-order valence-electron chi connectivity index (χ0n) is 13.6. The first-order valence-corrected chi connectivity index (χ1v) is 8.20. The van der Waals surface area contributed by atoms with Gasteiger partial charge in [-0.05, 0) is 41.5 Å². The van der Waals surface area contributed by atoms with E-state index in [0.717, 1.165) is 27.9 Å². The van der Waals surface area contributed by atoms with Gasteiger partial charge in [-0.1, -0.05) is 12.1 Å². The number of carbonyl (C=O) groups excluding carboxylic acids is 1. The third-order valence-electron chi connectivity index (χ3n) is 4.38. The molecule has 1 aliphatic rings. The maximum Gasteiger partial charge on any atom is 0.317 e. The van der Waals surface area contributed by atoms with Crippen molar-refractivity contribution in [3.05, 3.63) is 71.3 Å². The van der Waals surface area contributed by atoms with Crippen molar-refractivity contribution in [3.63, 3.8) is 0 Å². The number of aromatic nitrogens is 2. The van der Waals surface area contributed by atoms with Crippen molar-refractivity contribution in [3.8, 4) is 0 Å². The molecule has 1 N–H and O–H groups in total. The Balaban J connectivity index is 1.45. The zero-order valence-corrected chi connectivity index (χ0v) is 13.6. The molecule has 0 saturated carbocycles. The third-order valence-corrected chi connectivity index (χ3v) is 4.38. The largest absolute Gasteiger partial charge is 0.334 e. The molecule has 0 unspecified atom stereocenters. The lowest BCUT2D eigenvalue weighted by Gasteiger charge is -2.28. The number of fused-ring (bicyclic) bond motifs is 2. The normalized spacial score (nSPS) is 13.6. The molecule has 126 valence electrons. The topological polar surface area (TPSA) is 58.1 Å². The van der Waals surface area contributed by atoms with Crippen LogP contribution in [0.1, 0.15) is 16.8 Å². The van der Waals surface area contributed by atoms with Gasteiger partial charge in [0, 0.05) is 43.3 Å². The number of nitrogens with zero attached hydrogens (tertiary/aromatic N) is 3. The Bertz CT molecular complexity index is 926. The van der Waals surface area contributed by atoms with Gasteiger partial charge < -0.3 is 10.2 Å². The number of benzene rings is 1. The maximum atomic E-state index is 12.9. The first-order chi connectivity index (χ1) is 12.2. The molecule has 4 rings (SSSR count). The summed E-state index contributed by atoms with van der Waals surface area (Å²) in [6.07, 6.45) is 2.45. The summed E-state index contributed by atoms with van der Waals surface area (Å²) in [6.45, 7) is 1.53. The molecule has 0 aliphatic carbocycles. The van der Waals surface area contributed by atoms with Gasteiger partial charge in [-0.2, -0.15) is 0 Å². The van der Waals surface area contributed by atoms with Crippen LogP contribution in [0.5, 0.6) is 0 Å². The summed E-state index contributed by atoms with van der Waals surface area (Å²) in [5.74, 6) is -0.281. The van der Waals surface area contributed by atoms with E-state index in [1.807, 2.05) is 12.1 Å². The lowest BCUT2D eigenvalue weighted by atomic mass is 10.0. The fourth-order valence-corrected chi connectivity index (χ4v) is 3.03. The van der Waals surface area contributed by atoms with Crippen LogP contribution in [0.2, 0.25) is 0 Å². The van der Waals surface area contributed by atoms with E-state index in [0.29, 0.717) is 26.1 Å². The van der Waals surface area contributed by atoms with Gasteiger partial charge in [0.05, 0.1) is 0 Å². The quantitative estimate of drug-likeness (QED) is 0.782. The van der Waals surface area contributed by atoms with Crippen molar-refractivity contribution in [2.75, 3.05) is 6.54 Å². The van der Waals surface area contributed by atoms with Crippen molar-refractivity contribution < 1.29 is 9.18 Å². The van der Waals surface area contributed by atoms with E-state index in [2.05, 4.69) is 21.4 Å². The van der Waals surface area contributed by atoms with Crippen LogP contribution in [0.25, 0.3) is 11.0 Å². The van der Waals surface area contributed by atoms with Crippen LogP contribution in [0.4, 0.5) is 9.18 Å². The number of nitrogens with one attached hydrogen (secondary N) is 1. The summed E-state index contributed by atoms with van der Waals surface area (Å²) >= 11 is 0. The van der Waals surface area contributed by atoms with E-state index in [9.17, 15) is 9.18 Å². The van der Waals surface area contributed by atoms with Crippen molar-refractivity contribution in [2.24, 2.45) is 0 Å². The summed E-state index contributed by atoms with van der Waals surface area (Å²) in [6, 6.07) is 11.9. The SMILES string of the molecule is O=C(NCc1ccc(F)cc1)N1CCc2nc3ncccc3cc2C1. The summed E-state index contributed by atoms with van der Waals surface area (Å²) in [4.78, 5) is 23.1. The molecule has 0 atom stereocenters. The molecule has 3 heterocycles. The van der Waals surface area contributed by atoms with E-state index < -0.39 is 0 Å². The minimum atomic E-state index is -0.281. The van der Waals surface area contributed by atoms with E-state index in [-0.39, 0.29) is 11.8 Å². The van der Waals surface area contributed by atoms with Crippen LogP contribution < -0.4 is 5.32 Å². The highest BCUT2D eigenvalue weighted by Crippen LogP contribution is 2.21. The van der Waals surface area contributed by atoms with Gasteiger partial charge in [0.1, 0.15) is 5.82 Å². The minimum Gasteiger partial charge on any atom is -0.334 e. The fraction of sp³-hybridized carbons (Fsp3) is 0.211. The van der Waals surface area contributed by atoms with Crippen LogP contribution >= 0.6 is 0 Å². The Kier molecular flexibility index (Phi) is 4.01. The van der Waals surface area contributed by atoms with Crippen LogP contribution in [-0.2, 0) is 19.5 Å². The molecule has 0 spiro atoms. The Morgan fingerprint density at radius 2 is 2.08 bits per heavy atom. The van der Waals surface area contributed by atoms with Gasteiger partial charge in [0.15, 0.2) is 5.65 Å². The maximum absolute atomic E-state index is 12.9. The number of rotatable bonds is 2. The minimum absolute atomic E-state index is 0.124. The number of amides is 2. The van der Waals surface area contributed by atoms with Crippen LogP contribution in [-0.4, -0.2) is 27.4 Å². The number of carbonyl (C=O) groups is 1. The van der Waals surface area contributed by atoms with Gasteiger partial charge >= 0.3 is 6.03 Å². The van der Waals surface area contributed by atoms with Gasteiger partial charge in [-0.3, -0.25) is 0 Å².